The molecular formula is C15H11BrClFO2. The van der Waals surface area contributed by atoms with E-state index in [9.17, 15) is 9.50 Å². The summed E-state index contributed by atoms with van der Waals surface area (Å²) in [6.45, 7) is 0. The van der Waals surface area contributed by atoms with E-state index >= 15 is 0 Å². The van der Waals surface area contributed by atoms with Gasteiger partial charge >= 0.3 is 0 Å². The van der Waals surface area contributed by atoms with E-state index in [4.69, 9.17) is 16.3 Å². The van der Waals surface area contributed by atoms with Crippen LogP contribution < -0.4 is 4.74 Å². The second-order valence-electron chi connectivity index (χ2n) is 4.71. The van der Waals surface area contributed by atoms with Crippen LogP contribution in [0.25, 0.3) is 0 Å². The van der Waals surface area contributed by atoms with Gasteiger partial charge in [-0.15, -0.1) is 0 Å². The third kappa shape index (κ3) is 2.55. The number of hydrogen-bond acceptors (Lipinski definition) is 2. The van der Waals surface area contributed by atoms with Gasteiger partial charge in [0.1, 0.15) is 17.7 Å². The topological polar surface area (TPSA) is 29.5 Å². The molecule has 0 aromatic heterocycles. The number of rotatable bonds is 1. The zero-order valence-corrected chi connectivity index (χ0v) is 12.7. The predicted molar refractivity (Wildman–Crippen MR) is 78.5 cm³/mol. The Balaban J connectivity index is 1.94. The molecule has 0 aliphatic carbocycles. The maximum Gasteiger partial charge on any atom is 0.127 e. The van der Waals surface area contributed by atoms with E-state index in [0.29, 0.717) is 22.8 Å². The summed E-state index contributed by atoms with van der Waals surface area (Å²) < 4.78 is 19.8. The molecule has 2 aromatic rings. The molecule has 0 radical (unpaired) electrons. The summed E-state index contributed by atoms with van der Waals surface area (Å²) in [6, 6.07) is 9.69. The van der Waals surface area contributed by atoms with E-state index in [-0.39, 0.29) is 11.9 Å². The van der Waals surface area contributed by atoms with Crippen molar-refractivity contribution in [3.8, 4) is 5.75 Å². The maximum atomic E-state index is 13.2. The van der Waals surface area contributed by atoms with Crippen LogP contribution in [0.3, 0.4) is 0 Å². The summed E-state index contributed by atoms with van der Waals surface area (Å²) in [5.41, 5.74) is 1.41. The molecule has 0 saturated heterocycles. The minimum Gasteiger partial charge on any atom is -0.485 e. The van der Waals surface area contributed by atoms with Crippen LogP contribution in [0.15, 0.2) is 40.9 Å². The Bertz CT molecular complexity index is 662. The first-order valence-corrected chi connectivity index (χ1v) is 7.31. The minimum atomic E-state index is -0.742. The number of hydrogen-bond donors (Lipinski definition) is 1. The Hall–Kier alpha value is -1.10. The van der Waals surface area contributed by atoms with E-state index in [1.54, 1.807) is 12.1 Å². The van der Waals surface area contributed by atoms with Gasteiger partial charge in [0.2, 0.25) is 0 Å². The summed E-state index contributed by atoms with van der Waals surface area (Å²) in [7, 11) is 0. The fourth-order valence-electron chi connectivity index (χ4n) is 2.33. The molecule has 104 valence electrons. The van der Waals surface area contributed by atoms with Crippen molar-refractivity contribution in [3.63, 3.8) is 0 Å². The fourth-order valence-corrected chi connectivity index (χ4v) is 2.85. The van der Waals surface area contributed by atoms with E-state index in [0.717, 1.165) is 10.0 Å². The van der Waals surface area contributed by atoms with E-state index < -0.39 is 6.10 Å². The molecule has 1 aliphatic heterocycles. The summed E-state index contributed by atoms with van der Waals surface area (Å²) in [5, 5.41) is 10.8. The SMILES string of the molecule is O[C@@H]1CC(c2ccc(Cl)c(Br)c2)Oc2ccc(F)cc21. The first-order chi connectivity index (χ1) is 9.54. The average molecular weight is 358 g/mol. The van der Waals surface area contributed by atoms with Gasteiger partial charge in [0.25, 0.3) is 0 Å². The standard InChI is InChI=1S/C15H11BrClFO2/c16-11-5-8(1-3-12(11)17)15-7-13(19)10-6-9(18)2-4-14(10)20-15/h1-6,13,15,19H,7H2/t13-,15?/m1/s1. The first-order valence-electron chi connectivity index (χ1n) is 6.13. The molecule has 0 spiro atoms. The van der Waals surface area contributed by atoms with Gasteiger partial charge < -0.3 is 9.84 Å². The summed E-state index contributed by atoms with van der Waals surface area (Å²) >= 11 is 9.34. The number of halogens is 3. The molecule has 2 atom stereocenters. The second kappa shape index (κ2) is 5.35. The van der Waals surface area contributed by atoms with Gasteiger partial charge in [-0.3, -0.25) is 0 Å². The van der Waals surface area contributed by atoms with Crippen molar-refractivity contribution in [3.05, 3.63) is 62.8 Å². The van der Waals surface area contributed by atoms with Gasteiger partial charge in [-0.25, -0.2) is 4.39 Å². The molecule has 0 saturated carbocycles. The third-order valence-electron chi connectivity index (χ3n) is 3.35. The van der Waals surface area contributed by atoms with Gasteiger partial charge in [-0.05, 0) is 51.8 Å². The van der Waals surface area contributed by atoms with Crippen molar-refractivity contribution in [2.24, 2.45) is 0 Å². The van der Waals surface area contributed by atoms with Crippen LogP contribution in [0, 0.1) is 5.82 Å². The summed E-state index contributed by atoms with van der Waals surface area (Å²) in [6.07, 6.45) is -0.643. The molecule has 1 N–H and O–H groups in total. The van der Waals surface area contributed by atoms with Crippen LogP contribution >= 0.6 is 27.5 Å². The van der Waals surface area contributed by atoms with Gasteiger partial charge in [0.15, 0.2) is 0 Å². The number of fused-ring (bicyclic) bond motifs is 1. The lowest BCUT2D eigenvalue weighted by atomic mass is 9.95. The van der Waals surface area contributed by atoms with Crippen molar-refractivity contribution >= 4 is 27.5 Å². The van der Waals surface area contributed by atoms with Crippen LogP contribution in [-0.4, -0.2) is 5.11 Å². The normalized spacial score (nSPS) is 21.2. The molecule has 1 unspecified atom stereocenters. The lowest BCUT2D eigenvalue weighted by Gasteiger charge is -2.30. The van der Waals surface area contributed by atoms with Crippen molar-refractivity contribution in [2.45, 2.75) is 18.6 Å². The second-order valence-corrected chi connectivity index (χ2v) is 5.98. The number of ether oxygens (including phenoxy) is 1. The van der Waals surface area contributed by atoms with E-state index in [1.807, 2.05) is 12.1 Å². The largest absolute Gasteiger partial charge is 0.485 e. The Morgan fingerprint density at radius 2 is 2.05 bits per heavy atom. The Morgan fingerprint density at radius 3 is 2.80 bits per heavy atom. The molecule has 5 heteroatoms. The zero-order chi connectivity index (χ0) is 14.3. The third-order valence-corrected chi connectivity index (χ3v) is 4.57. The van der Waals surface area contributed by atoms with Crippen molar-refractivity contribution < 1.29 is 14.2 Å². The number of aliphatic hydroxyl groups is 1. The van der Waals surface area contributed by atoms with Gasteiger partial charge in [0.05, 0.1) is 11.1 Å². The molecule has 2 aromatic carbocycles. The van der Waals surface area contributed by atoms with E-state index in [2.05, 4.69) is 15.9 Å². The number of aliphatic hydroxyl groups excluding tert-OH is 1. The molecule has 20 heavy (non-hydrogen) atoms. The zero-order valence-electron chi connectivity index (χ0n) is 10.3. The summed E-state index contributed by atoms with van der Waals surface area (Å²) in [5.74, 6) is 0.139. The highest BCUT2D eigenvalue weighted by atomic mass is 79.9. The molecule has 3 rings (SSSR count). The lowest BCUT2D eigenvalue weighted by molar-refractivity contribution is 0.0653. The molecule has 0 bridgehead atoms. The minimum absolute atomic E-state index is 0.281. The highest BCUT2D eigenvalue weighted by Crippen LogP contribution is 2.41. The first kappa shape index (κ1) is 13.9. The summed E-state index contributed by atoms with van der Waals surface area (Å²) in [4.78, 5) is 0. The predicted octanol–water partition coefficient (Wildman–Crippen LogP) is 4.80. The monoisotopic (exact) mass is 356 g/mol. The Kier molecular flexibility index (Phi) is 3.71. The van der Waals surface area contributed by atoms with Crippen LogP contribution in [0.1, 0.15) is 29.8 Å². The molecule has 2 nitrogen and oxygen atoms in total. The Labute approximate surface area is 129 Å². The molecule has 1 aliphatic rings. The molecule has 0 amide bonds. The highest BCUT2D eigenvalue weighted by molar-refractivity contribution is 9.10. The van der Waals surface area contributed by atoms with E-state index in [1.165, 1.54) is 12.1 Å². The van der Waals surface area contributed by atoms with Gasteiger partial charge in [0, 0.05) is 16.5 Å². The number of benzene rings is 2. The van der Waals surface area contributed by atoms with Crippen molar-refractivity contribution in [2.75, 3.05) is 0 Å². The van der Waals surface area contributed by atoms with Crippen LogP contribution in [-0.2, 0) is 0 Å². The highest BCUT2D eigenvalue weighted by Gasteiger charge is 2.28. The molecule has 0 fully saturated rings. The van der Waals surface area contributed by atoms with Gasteiger partial charge in [-0.2, -0.15) is 0 Å². The molecular weight excluding hydrogens is 347 g/mol. The smallest absolute Gasteiger partial charge is 0.127 e. The Morgan fingerprint density at radius 1 is 1.25 bits per heavy atom. The molecule has 1 heterocycles. The van der Waals surface area contributed by atoms with Crippen LogP contribution in [0.5, 0.6) is 5.75 Å². The van der Waals surface area contributed by atoms with Crippen LogP contribution in [0.2, 0.25) is 5.02 Å². The average Bonchev–Trinajstić information content (AvgIpc) is 2.42. The maximum absolute atomic E-state index is 13.2. The van der Waals surface area contributed by atoms with Crippen molar-refractivity contribution in [1.82, 2.24) is 0 Å². The quantitative estimate of drug-likeness (QED) is 0.794. The lowest BCUT2D eigenvalue weighted by Crippen LogP contribution is -2.19. The van der Waals surface area contributed by atoms with Crippen LogP contribution in [0.4, 0.5) is 4.39 Å². The van der Waals surface area contributed by atoms with Crippen molar-refractivity contribution in [1.29, 1.82) is 0 Å². The fraction of sp³-hybridized carbons (Fsp3) is 0.200. The van der Waals surface area contributed by atoms with Gasteiger partial charge in [-0.1, -0.05) is 17.7 Å².